The monoisotopic (exact) mass is 370 g/mol. The molecule has 1 aliphatic heterocycles. The largest absolute Gasteiger partial charge is 0.369 e. The van der Waals surface area contributed by atoms with E-state index in [9.17, 15) is 9.59 Å². The lowest BCUT2D eigenvalue weighted by atomic mass is 9.74. The number of rotatable bonds is 6. The number of carbonyl (C=O) groups excluding carboxylic acids is 2. The van der Waals surface area contributed by atoms with Gasteiger partial charge in [0.05, 0.1) is 5.41 Å². The molecule has 2 heterocycles. The molecule has 2 aromatic rings. The normalized spacial score (nSPS) is 20.1. The van der Waals surface area contributed by atoms with E-state index >= 15 is 0 Å². The summed E-state index contributed by atoms with van der Waals surface area (Å²) in [5.41, 5.74) is 7.43. The number of primary amides is 1. The Balaban J connectivity index is 1.77. The first kappa shape index (κ1) is 18.6. The quantitative estimate of drug-likeness (QED) is 0.839. The van der Waals surface area contributed by atoms with E-state index in [1.807, 2.05) is 17.9 Å². The van der Waals surface area contributed by atoms with Gasteiger partial charge in [-0.25, -0.2) is 0 Å². The minimum Gasteiger partial charge on any atom is -0.369 e. The van der Waals surface area contributed by atoms with Gasteiger partial charge < -0.3 is 10.6 Å². The van der Waals surface area contributed by atoms with E-state index < -0.39 is 5.41 Å². The standard InChI is InChI=1S/C21H26N2O2S/c1-2-5-19(24)23-12-4-11-21(15-23,20(22)25)14-16-7-9-17(10-8-16)18-6-3-13-26-18/h3,6-10,13H,2,4-5,11-12,14-15H2,1H3,(H2,22,25). The maximum atomic E-state index is 12.3. The number of hydrogen-bond acceptors (Lipinski definition) is 3. The predicted molar refractivity (Wildman–Crippen MR) is 106 cm³/mol. The first-order valence-corrected chi connectivity index (χ1v) is 10.1. The highest BCUT2D eigenvalue weighted by atomic mass is 32.1. The van der Waals surface area contributed by atoms with Crippen LogP contribution in [0.4, 0.5) is 0 Å². The third-order valence-corrected chi connectivity index (χ3v) is 6.14. The minimum absolute atomic E-state index is 0.130. The van der Waals surface area contributed by atoms with Crippen molar-refractivity contribution in [1.29, 1.82) is 0 Å². The van der Waals surface area contributed by atoms with Crippen molar-refractivity contribution in [1.82, 2.24) is 4.90 Å². The van der Waals surface area contributed by atoms with Crippen LogP contribution in [0.15, 0.2) is 41.8 Å². The van der Waals surface area contributed by atoms with Crippen molar-refractivity contribution in [2.45, 2.75) is 39.0 Å². The number of hydrogen-bond donors (Lipinski definition) is 1. The number of piperidine rings is 1. The van der Waals surface area contributed by atoms with Gasteiger partial charge in [0.1, 0.15) is 0 Å². The van der Waals surface area contributed by atoms with Crippen LogP contribution in [-0.2, 0) is 16.0 Å². The van der Waals surface area contributed by atoms with Crippen LogP contribution in [0.3, 0.4) is 0 Å². The molecule has 5 heteroatoms. The van der Waals surface area contributed by atoms with E-state index in [0.717, 1.165) is 31.4 Å². The molecule has 0 bridgehead atoms. The second-order valence-corrected chi connectivity index (χ2v) is 8.11. The van der Waals surface area contributed by atoms with Crippen molar-refractivity contribution in [2.75, 3.05) is 13.1 Å². The molecule has 0 saturated carbocycles. The Morgan fingerprint density at radius 1 is 1.23 bits per heavy atom. The minimum atomic E-state index is -0.661. The van der Waals surface area contributed by atoms with Gasteiger partial charge in [0, 0.05) is 24.4 Å². The first-order valence-electron chi connectivity index (χ1n) is 9.24. The van der Waals surface area contributed by atoms with Crippen LogP contribution in [-0.4, -0.2) is 29.8 Å². The van der Waals surface area contributed by atoms with Gasteiger partial charge in [0.2, 0.25) is 11.8 Å². The molecule has 2 N–H and O–H groups in total. The fraction of sp³-hybridized carbons (Fsp3) is 0.429. The Hall–Kier alpha value is -2.14. The van der Waals surface area contributed by atoms with Crippen LogP contribution in [0.1, 0.15) is 38.2 Å². The molecule has 1 aromatic heterocycles. The summed E-state index contributed by atoms with van der Waals surface area (Å²) in [6, 6.07) is 12.5. The Labute approximate surface area is 159 Å². The predicted octanol–water partition coefficient (Wildman–Crippen LogP) is 3.85. The van der Waals surface area contributed by atoms with Crippen molar-refractivity contribution in [3.63, 3.8) is 0 Å². The van der Waals surface area contributed by atoms with Crippen LogP contribution >= 0.6 is 11.3 Å². The maximum Gasteiger partial charge on any atom is 0.225 e. The number of carbonyl (C=O) groups is 2. The molecule has 138 valence electrons. The zero-order chi connectivity index (χ0) is 18.6. The average molecular weight is 371 g/mol. The fourth-order valence-electron chi connectivity index (χ4n) is 3.77. The second kappa shape index (κ2) is 8.04. The highest BCUT2D eigenvalue weighted by molar-refractivity contribution is 7.13. The first-order chi connectivity index (χ1) is 12.5. The molecular formula is C21H26N2O2S. The summed E-state index contributed by atoms with van der Waals surface area (Å²) in [5.74, 6) is -0.167. The van der Waals surface area contributed by atoms with E-state index in [2.05, 4.69) is 35.7 Å². The molecule has 1 aliphatic rings. The van der Waals surface area contributed by atoms with Gasteiger partial charge in [-0.3, -0.25) is 9.59 Å². The Bertz CT molecular complexity index is 755. The van der Waals surface area contributed by atoms with Crippen molar-refractivity contribution in [3.05, 3.63) is 47.3 Å². The highest BCUT2D eigenvalue weighted by Gasteiger charge is 2.41. The van der Waals surface area contributed by atoms with E-state index in [0.29, 0.717) is 19.4 Å². The van der Waals surface area contributed by atoms with Crippen LogP contribution in [0.2, 0.25) is 0 Å². The van der Waals surface area contributed by atoms with E-state index in [1.165, 1.54) is 10.4 Å². The van der Waals surface area contributed by atoms with Crippen molar-refractivity contribution in [3.8, 4) is 10.4 Å². The summed E-state index contributed by atoms with van der Waals surface area (Å²) in [4.78, 5) is 27.7. The summed E-state index contributed by atoms with van der Waals surface area (Å²) < 4.78 is 0. The molecule has 3 rings (SSSR count). The van der Waals surface area contributed by atoms with Crippen LogP contribution < -0.4 is 5.73 Å². The molecule has 1 fully saturated rings. The van der Waals surface area contributed by atoms with Crippen LogP contribution in [0.5, 0.6) is 0 Å². The molecule has 0 radical (unpaired) electrons. The molecule has 1 aromatic carbocycles. The van der Waals surface area contributed by atoms with Crippen LogP contribution in [0.25, 0.3) is 10.4 Å². The van der Waals surface area contributed by atoms with E-state index in [1.54, 1.807) is 11.3 Å². The smallest absolute Gasteiger partial charge is 0.225 e. The summed E-state index contributed by atoms with van der Waals surface area (Å²) >= 11 is 1.71. The van der Waals surface area contributed by atoms with Gasteiger partial charge in [0.15, 0.2) is 0 Å². The SMILES string of the molecule is CCCC(=O)N1CCCC(Cc2ccc(-c3cccs3)cc2)(C(N)=O)C1. The Morgan fingerprint density at radius 2 is 2.00 bits per heavy atom. The van der Waals surface area contributed by atoms with E-state index in [4.69, 9.17) is 5.73 Å². The molecule has 4 nitrogen and oxygen atoms in total. The van der Waals surface area contributed by atoms with Crippen molar-refractivity contribution >= 4 is 23.2 Å². The molecular weight excluding hydrogens is 344 g/mol. The van der Waals surface area contributed by atoms with Gasteiger partial charge in [-0.2, -0.15) is 0 Å². The fourth-order valence-corrected chi connectivity index (χ4v) is 4.50. The van der Waals surface area contributed by atoms with Crippen LogP contribution in [0, 0.1) is 5.41 Å². The van der Waals surface area contributed by atoms with Gasteiger partial charge in [-0.1, -0.05) is 37.3 Å². The number of nitrogens with zero attached hydrogens (tertiary/aromatic N) is 1. The third-order valence-electron chi connectivity index (χ3n) is 5.22. The summed E-state index contributed by atoms with van der Waals surface area (Å²) in [5, 5.41) is 2.06. The third kappa shape index (κ3) is 3.98. The summed E-state index contributed by atoms with van der Waals surface area (Å²) in [6.07, 6.45) is 3.51. The van der Waals surface area contributed by atoms with Gasteiger partial charge >= 0.3 is 0 Å². The lowest BCUT2D eigenvalue weighted by molar-refractivity contribution is -0.140. The molecule has 1 unspecified atom stereocenters. The highest BCUT2D eigenvalue weighted by Crippen LogP contribution is 2.35. The number of amides is 2. The summed E-state index contributed by atoms with van der Waals surface area (Å²) in [6.45, 7) is 3.16. The molecule has 26 heavy (non-hydrogen) atoms. The number of nitrogens with two attached hydrogens (primary N) is 1. The molecule has 1 saturated heterocycles. The molecule has 2 amide bonds. The lowest BCUT2D eigenvalue weighted by Crippen LogP contribution is -2.53. The number of thiophene rings is 1. The van der Waals surface area contributed by atoms with Crippen molar-refractivity contribution in [2.24, 2.45) is 11.1 Å². The van der Waals surface area contributed by atoms with Gasteiger partial charge in [-0.15, -0.1) is 11.3 Å². The topological polar surface area (TPSA) is 63.4 Å². The average Bonchev–Trinajstić information content (AvgIpc) is 3.17. The summed E-state index contributed by atoms with van der Waals surface area (Å²) in [7, 11) is 0. The Morgan fingerprint density at radius 3 is 2.62 bits per heavy atom. The Kier molecular flexibility index (Phi) is 5.77. The molecule has 1 atom stereocenters. The zero-order valence-electron chi connectivity index (χ0n) is 15.2. The second-order valence-electron chi connectivity index (χ2n) is 7.16. The zero-order valence-corrected chi connectivity index (χ0v) is 16.1. The molecule has 0 spiro atoms. The van der Waals surface area contributed by atoms with Gasteiger partial charge in [-0.05, 0) is 48.3 Å². The van der Waals surface area contributed by atoms with E-state index in [-0.39, 0.29) is 11.8 Å². The number of likely N-dealkylation sites (tertiary alicyclic amines) is 1. The number of benzene rings is 1. The van der Waals surface area contributed by atoms with Gasteiger partial charge in [0.25, 0.3) is 0 Å². The molecule has 0 aliphatic carbocycles. The maximum absolute atomic E-state index is 12.3. The lowest BCUT2D eigenvalue weighted by Gasteiger charge is -2.41. The van der Waals surface area contributed by atoms with Crippen molar-refractivity contribution < 1.29 is 9.59 Å².